The minimum absolute atomic E-state index is 0.148. The Kier molecular flexibility index (Phi) is 9.94. The first-order valence-electron chi connectivity index (χ1n) is 22.6. The van der Waals surface area contributed by atoms with Crippen LogP contribution in [0.5, 0.6) is 0 Å². The summed E-state index contributed by atoms with van der Waals surface area (Å²) in [7, 11) is 0. The minimum atomic E-state index is -4.64. The van der Waals surface area contributed by atoms with Crippen LogP contribution in [0.3, 0.4) is 0 Å². The van der Waals surface area contributed by atoms with Gasteiger partial charge in [-0.15, -0.1) is 0 Å². The number of nitriles is 2. The summed E-state index contributed by atoms with van der Waals surface area (Å²) in [5, 5.41) is 24.3. The number of halogens is 3. The van der Waals surface area contributed by atoms with E-state index in [9.17, 15) is 23.7 Å². The van der Waals surface area contributed by atoms with Gasteiger partial charge in [0, 0.05) is 49.4 Å². The lowest BCUT2D eigenvalue weighted by molar-refractivity contribution is -0.137. The van der Waals surface area contributed by atoms with Gasteiger partial charge in [-0.3, -0.25) is 0 Å². The standard InChI is InChI=1S/C61H35F3N6/c62-61(63,64)44-26-27-45(43(32-44)37-66)49-31-38(36-65)23-28-57(49)70-56-22-12-9-19-48(56)50-33-41(24-29-58(50)70)42-25-30-59(69-54-20-10-7-17-46(54)47-18-8-11-21-55(47)69)51(34-42)53-35-52(39-13-3-1-4-14-39)67-60(68-53)40-15-5-2-6-16-40/h1-35H. The maximum atomic E-state index is 13.9. The fraction of sp³-hybridized carbons (Fsp3) is 0.0164. The summed E-state index contributed by atoms with van der Waals surface area (Å²) in [5.74, 6) is 0.602. The van der Waals surface area contributed by atoms with E-state index in [0.29, 0.717) is 22.6 Å². The van der Waals surface area contributed by atoms with Crippen molar-refractivity contribution in [2.24, 2.45) is 0 Å². The third kappa shape index (κ3) is 7.04. The van der Waals surface area contributed by atoms with E-state index in [1.807, 2.05) is 78.9 Å². The lowest BCUT2D eigenvalue weighted by atomic mass is 9.95. The molecular weight excluding hydrogens is 874 g/mol. The highest BCUT2D eigenvalue weighted by molar-refractivity contribution is 6.12. The van der Waals surface area contributed by atoms with E-state index in [0.717, 1.165) is 101 Å². The lowest BCUT2D eigenvalue weighted by Crippen LogP contribution is -2.06. The van der Waals surface area contributed by atoms with Crippen LogP contribution < -0.4 is 0 Å². The summed E-state index contributed by atoms with van der Waals surface area (Å²) < 4.78 is 46.0. The summed E-state index contributed by atoms with van der Waals surface area (Å²) in [6.45, 7) is 0. The van der Waals surface area contributed by atoms with Gasteiger partial charge in [0.15, 0.2) is 5.82 Å². The molecule has 9 heteroatoms. The van der Waals surface area contributed by atoms with Crippen LogP contribution in [0, 0.1) is 22.7 Å². The molecule has 0 fully saturated rings. The predicted octanol–water partition coefficient (Wildman–Crippen LogP) is 15.8. The van der Waals surface area contributed by atoms with Gasteiger partial charge in [-0.2, -0.15) is 23.7 Å². The molecule has 0 radical (unpaired) electrons. The Labute approximate surface area is 399 Å². The van der Waals surface area contributed by atoms with Crippen molar-refractivity contribution in [2.75, 3.05) is 0 Å². The summed E-state index contributed by atoms with van der Waals surface area (Å²) in [6, 6.07) is 72.3. The molecule has 0 atom stereocenters. The molecule has 12 rings (SSSR count). The maximum Gasteiger partial charge on any atom is 0.416 e. The zero-order valence-corrected chi connectivity index (χ0v) is 37.0. The molecule has 0 spiro atoms. The molecule has 12 aromatic rings. The number of para-hydroxylation sites is 3. The van der Waals surface area contributed by atoms with Gasteiger partial charge in [0.05, 0.1) is 73.7 Å². The van der Waals surface area contributed by atoms with Gasteiger partial charge in [0.25, 0.3) is 0 Å². The number of alkyl halides is 3. The minimum Gasteiger partial charge on any atom is -0.309 e. The van der Waals surface area contributed by atoms with E-state index in [4.69, 9.17) is 9.97 Å². The topological polar surface area (TPSA) is 83.2 Å². The maximum absolute atomic E-state index is 13.9. The number of hydrogen-bond acceptors (Lipinski definition) is 4. The molecule has 0 aliphatic carbocycles. The molecule has 330 valence electrons. The van der Waals surface area contributed by atoms with Crippen molar-refractivity contribution in [1.29, 1.82) is 10.5 Å². The molecule has 0 bridgehead atoms. The van der Waals surface area contributed by atoms with Crippen LogP contribution in [0.2, 0.25) is 0 Å². The molecule has 0 N–H and O–H groups in total. The van der Waals surface area contributed by atoms with Crippen LogP contribution in [0.25, 0.3) is 111 Å². The third-order valence-corrected chi connectivity index (χ3v) is 13.1. The number of fused-ring (bicyclic) bond motifs is 6. The molecule has 9 aromatic carbocycles. The molecule has 0 saturated heterocycles. The Bertz CT molecular complexity index is 4030. The highest BCUT2D eigenvalue weighted by atomic mass is 19.4. The quantitative estimate of drug-likeness (QED) is 0.159. The predicted molar refractivity (Wildman–Crippen MR) is 272 cm³/mol. The Hall–Kier alpha value is -9.57. The van der Waals surface area contributed by atoms with E-state index < -0.39 is 11.7 Å². The van der Waals surface area contributed by atoms with Crippen LogP contribution in [0.15, 0.2) is 212 Å². The van der Waals surface area contributed by atoms with Crippen molar-refractivity contribution in [3.63, 3.8) is 0 Å². The van der Waals surface area contributed by atoms with Gasteiger partial charge in [0.1, 0.15) is 0 Å². The second-order valence-electron chi connectivity index (χ2n) is 17.1. The first kappa shape index (κ1) is 41.8. The molecule has 0 amide bonds. The van der Waals surface area contributed by atoms with Crippen molar-refractivity contribution in [3.05, 3.63) is 229 Å². The number of benzene rings is 9. The monoisotopic (exact) mass is 908 g/mol. The SMILES string of the molecule is N#Cc1ccc(-n2c3ccccc3c3cc(-c4ccc(-n5c6ccccc6c6ccccc65)c(-c5cc(-c6ccccc6)nc(-c6ccccc6)n5)c4)ccc32)c(-c2ccc(C(F)(F)F)cc2C#N)c1. The average molecular weight is 909 g/mol. The molecule has 3 aromatic heterocycles. The molecule has 70 heavy (non-hydrogen) atoms. The fourth-order valence-corrected chi connectivity index (χ4v) is 9.83. The van der Waals surface area contributed by atoms with Gasteiger partial charge in [-0.05, 0) is 90.0 Å². The van der Waals surface area contributed by atoms with Crippen LogP contribution in [0.4, 0.5) is 13.2 Å². The first-order chi connectivity index (χ1) is 34.2. The largest absolute Gasteiger partial charge is 0.416 e. The van der Waals surface area contributed by atoms with E-state index in [1.54, 1.807) is 18.2 Å². The molecule has 0 aliphatic rings. The second kappa shape index (κ2) is 16.6. The van der Waals surface area contributed by atoms with E-state index in [2.05, 4.69) is 118 Å². The van der Waals surface area contributed by atoms with Crippen molar-refractivity contribution in [2.45, 2.75) is 6.18 Å². The van der Waals surface area contributed by atoms with Crippen molar-refractivity contribution >= 4 is 43.6 Å². The average Bonchev–Trinajstić information content (AvgIpc) is 3.93. The number of aromatic nitrogens is 4. The molecule has 6 nitrogen and oxygen atoms in total. The smallest absolute Gasteiger partial charge is 0.309 e. The van der Waals surface area contributed by atoms with Crippen LogP contribution >= 0.6 is 0 Å². The fourth-order valence-electron chi connectivity index (χ4n) is 9.83. The highest BCUT2D eigenvalue weighted by Gasteiger charge is 2.32. The van der Waals surface area contributed by atoms with Crippen molar-refractivity contribution in [3.8, 4) is 79.7 Å². The van der Waals surface area contributed by atoms with Crippen molar-refractivity contribution < 1.29 is 13.2 Å². The number of hydrogen-bond donors (Lipinski definition) is 0. The van der Waals surface area contributed by atoms with Gasteiger partial charge in [-0.1, -0.05) is 133 Å². The lowest BCUT2D eigenvalue weighted by Gasteiger charge is -2.17. The first-order valence-corrected chi connectivity index (χ1v) is 22.6. The number of nitrogens with zero attached hydrogens (tertiary/aromatic N) is 6. The van der Waals surface area contributed by atoms with E-state index in [1.165, 1.54) is 6.07 Å². The third-order valence-electron chi connectivity index (χ3n) is 13.1. The normalized spacial score (nSPS) is 11.6. The summed E-state index contributed by atoms with van der Waals surface area (Å²) in [4.78, 5) is 10.5. The molecule has 0 unspecified atom stereocenters. The highest BCUT2D eigenvalue weighted by Crippen LogP contribution is 2.43. The Balaban J connectivity index is 1.09. The van der Waals surface area contributed by atoms with E-state index >= 15 is 0 Å². The van der Waals surface area contributed by atoms with Crippen LogP contribution in [-0.2, 0) is 6.18 Å². The van der Waals surface area contributed by atoms with Gasteiger partial charge in [-0.25, -0.2) is 9.97 Å². The van der Waals surface area contributed by atoms with Crippen LogP contribution in [0.1, 0.15) is 16.7 Å². The Morgan fingerprint density at radius 3 is 1.54 bits per heavy atom. The second-order valence-corrected chi connectivity index (χ2v) is 17.1. The Morgan fingerprint density at radius 1 is 0.386 bits per heavy atom. The van der Waals surface area contributed by atoms with Crippen LogP contribution in [-0.4, -0.2) is 19.1 Å². The molecule has 3 heterocycles. The number of rotatable bonds is 7. The summed E-state index contributed by atoms with van der Waals surface area (Å²) >= 11 is 0. The zero-order chi connectivity index (χ0) is 47.5. The van der Waals surface area contributed by atoms with Gasteiger partial charge in [0.2, 0.25) is 0 Å². The zero-order valence-electron chi connectivity index (χ0n) is 37.0. The molecular formula is C61H35F3N6. The van der Waals surface area contributed by atoms with Crippen molar-refractivity contribution in [1.82, 2.24) is 19.1 Å². The van der Waals surface area contributed by atoms with Gasteiger partial charge >= 0.3 is 6.18 Å². The van der Waals surface area contributed by atoms with E-state index in [-0.39, 0.29) is 11.1 Å². The summed E-state index contributed by atoms with van der Waals surface area (Å²) in [6.07, 6.45) is -4.64. The molecule has 0 aliphatic heterocycles. The van der Waals surface area contributed by atoms with Gasteiger partial charge < -0.3 is 9.13 Å². The molecule has 0 saturated carbocycles. The Morgan fingerprint density at radius 2 is 0.914 bits per heavy atom. The summed E-state index contributed by atoms with van der Waals surface area (Å²) in [5.41, 5.74) is 11.5.